The van der Waals surface area contributed by atoms with E-state index in [4.69, 9.17) is 13.7 Å². The average molecular weight is 429 g/mol. The molecule has 1 aliphatic rings. The van der Waals surface area contributed by atoms with Gasteiger partial charge in [0, 0.05) is 12.6 Å². The number of nitrogens with one attached hydrogen (secondary N) is 3. The van der Waals surface area contributed by atoms with Gasteiger partial charge in [0.15, 0.2) is 0 Å². The molecule has 0 unspecified atom stereocenters. The third-order valence-corrected chi connectivity index (χ3v) is 4.86. The third kappa shape index (κ3) is 8.67. The Kier molecular flexibility index (Phi) is 7.82. The quantitative estimate of drug-likeness (QED) is 0.623. The predicted octanol–water partition coefficient (Wildman–Crippen LogP) is 1.43. The lowest BCUT2D eigenvalue weighted by molar-refractivity contribution is 0.0524. The van der Waals surface area contributed by atoms with Crippen LogP contribution in [0.1, 0.15) is 32.8 Å². The highest BCUT2D eigenvalue weighted by Crippen LogP contribution is 2.12. The highest BCUT2D eigenvalue weighted by atomic mass is 32.2. The molecule has 11 heteroatoms. The first-order valence-electron chi connectivity index (χ1n) is 9.15. The number of carbonyl (C=O) groups excluding carboxylic acids is 2. The molecule has 2 atom stereocenters. The van der Waals surface area contributed by atoms with Crippen molar-refractivity contribution in [1.29, 1.82) is 0 Å². The van der Waals surface area contributed by atoms with Gasteiger partial charge in [-0.15, -0.1) is 0 Å². The van der Waals surface area contributed by atoms with Crippen LogP contribution in [-0.4, -0.2) is 51.4 Å². The van der Waals surface area contributed by atoms with Crippen LogP contribution in [-0.2, 0) is 30.6 Å². The topological polar surface area (TPSA) is 132 Å². The largest absolute Gasteiger partial charge is 0.445 e. The van der Waals surface area contributed by atoms with Gasteiger partial charge in [0.05, 0.1) is 12.6 Å². The van der Waals surface area contributed by atoms with Gasteiger partial charge >= 0.3 is 22.5 Å². The molecule has 1 aromatic rings. The lowest BCUT2D eigenvalue weighted by Crippen LogP contribution is -2.59. The number of hydrogen-bond donors (Lipinski definition) is 3. The zero-order chi connectivity index (χ0) is 21.5. The summed E-state index contributed by atoms with van der Waals surface area (Å²) in [4.78, 5) is 23.8. The highest BCUT2D eigenvalue weighted by molar-refractivity contribution is 7.84. The van der Waals surface area contributed by atoms with E-state index in [0.717, 1.165) is 5.56 Å². The molecule has 3 N–H and O–H groups in total. The van der Waals surface area contributed by atoms with Crippen molar-refractivity contribution in [2.75, 3.05) is 13.2 Å². The Labute approximate surface area is 170 Å². The van der Waals surface area contributed by atoms with E-state index in [9.17, 15) is 18.0 Å². The maximum atomic E-state index is 12.1. The third-order valence-electron chi connectivity index (χ3n) is 3.82. The Morgan fingerprint density at radius 3 is 2.55 bits per heavy atom. The molecule has 1 fully saturated rings. The number of hydrogen-bond acceptors (Lipinski definition) is 7. The van der Waals surface area contributed by atoms with Crippen molar-refractivity contribution >= 4 is 22.5 Å². The summed E-state index contributed by atoms with van der Waals surface area (Å²) in [6.45, 7) is 5.18. The first-order valence-corrected chi connectivity index (χ1v) is 10.6. The van der Waals surface area contributed by atoms with Gasteiger partial charge in [-0.2, -0.15) is 13.1 Å². The number of ether oxygens (including phenoxy) is 2. The van der Waals surface area contributed by atoms with Crippen LogP contribution in [0.4, 0.5) is 9.59 Å². The SMILES string of the molecule is CC(C)(C)OC(=O)NCC[C@H]1NS(=O)(=O)OC[C@H]1NC(=O)OCc1ccccc1. The molecule has 0 radical (unpaired) electrons. The Hall–Kier alpha value is -2.37. The van der Waals surface area contributed by atoms with Crippen LogP contribution in [0, 0.1) is 0 Å². The van der Waals surface area contributed by atoms with E-state index in [1.54, 1.807) is 20.8 Å². The van der Waals surface area contributed by atoms with E-state index in [1.165, 1.54) is 0 Å². The Morgan fingerprint density at radius 2 is 1.90 bits per heavy atom. The van der Waals surface area contributed by atoms with Crippen molar-refractivity contribution in [3.63, 3.8) is 0 Å². The standard InChI is InChI=1S/C18H27N3O7S/c1-18(2,3)28-16(22)19-10-9-14-15(12-27-29(24,25)21-14)20-17(23)26-11-13-7-5-4-6-8-13/h4-8,14-15,21H,9-12H2,1-3H3,(H,19,22)(H,20,23)/t14-,15-/m1/s1. The maximum absolute atomic E-state index is 12.1. The predicted molar refractivity (Wildman–Crippen MR) is 104 cm³/mol. The fraction of sp³-hybridized carbons (Fsp3) is 0.556. The van der Waals surface area contributed by atoms with Gasteiger partial charge in [-0.05, 0) is 32.8 Å². The van der Waals surface area contributed by atoms with Gasteiger partial charge in [0.25, 0.3) is 0 Å². The molecule has 1 aliphatic heterocycles. The van der Waals surface area contributed by atoms with Crippen LogP contribution in [0.5, 0.6) is 0 Å². The number of rotatable bonds is 6. The van der Waals surface area contributed by atoms with Gasteiger partial charge in [-0.3, -0.25) is 4.18 Å². The molecule has 1 saturated heterocycles. The van der Waals surface area contributed by atoms with E-state index in [2.05, 4.69) is 15.4 Å². The summed E-state index contributed by atoms with van der Waals surface area (Å²) >= 11 is 0. The van der Waals surface area contributed by atoms with E-state index in [1.807, 2.05) is 30.3 Å². The van der Waals surface area contributed by atoms with Crippen molar-refractivity contribution in [2.45, 2.75) is 51.5 Å². The number of benzene rings is 1. The van der Waals surface area contributed by atoms with Gasteiger partial charge in [-0.25, -0.2) is 9.59 Å². The number of carbonyl (C=O) groups is 2. The number of alkyl carbamates (subject to hydrolysis) is 2. The summed E-state index contributed by atoms with van der Waals surface area (Å²) in [5, 5.41) is 5.15. The summed E-state index contributed by atoms with van der Waals surface area (Å²) in [5.74, 6) is 0. The molecule has 162 valence electrons. The van der Waals surface area contributed by atoms with Crippen molar-refractivity contribution < 1.29 is 31.7 Å². The van der Waals surface area contributed by atoms with Crippen LogP contribution in [0.15, 0.2) is 30.3 Å². The van der Waals surface area contributed by atoms with Gasteiger partial charge in [0.2, 0.25) is 0 Å². The van der Waals surface area contributed by atoms with Gasteiger partial charge < -0.3 is 20.1 Å². The Bertz CT molecular complexity index is 793. The van der Waals surface area contributed by atoms with Crippen LogP contribution < -0.4 is 15.4 Å². The Balaban J connectivity index is 1.85. The van der Waals surface area contributed by atoms with E-state index < -0.39 is 40.2 Å². The first kappa shape index (κ1) is 22.9. The minimum Gasteiger partial charge on any atom is -0.445 e. The second kappa shape index (κ2) is 9.90. The molecule has 0 bridgehead atoms. The maximum Gasteiger partial charge on any atom is 0.407 e. The first-order chi connectivity index (χ1) is 13.5. The van der Waals surface area contributed by atoms with Crippen LogP contribution in [0.3, 0.4) is 0 Å². The van der Waals surface area contributed by atoms with Crippen LogP contribution in [0.25, 0.3) is 0 Å². The molecule has 0 aromatic heterocycles. The van der Waals surface area contributed by atoms with Crippen molar-refractivity contribution in [1.82, 2.24) is 15.4 Å². The van der Waals surface area contributed by atoms with E-state index in [-0.39, 0.29) is 26.2 Å². The fourth-order valence-electron chi connectivity index (χ4n) is 2.54. The van der Waals surface area contributed by atoms with E-state index >= 15 is 0 Å². The smallest absolute Gasteiger partial charge is 0.407 e. The number of amides is 2. The zero-order valence-electron chi connectivity index (χ0n) is 16.6. The zero-order valence-corrected chi connectivity index (χ0v) is 17.5. The molecule has 10 nitrogen and oxygen atoms in total. The molecule has 2 amide bonds. The molecule has 0 aliphatic carbocycles. The van der Waals surface area contributed by atoms with Crippen molar-refractivity contribution in [2.24, 2.45) is 0 Å². The summed E-state index contributed by atoms with van der Waals surface area (Å²) < 4.78 is 40.8. The lowest BCUT2D eigenvalue weighted by atomic mass is 10.1. The second-order valence-electron chi connectivity index (χ2n) is 7.49. The molecule has 0 spiro atoms. The summed E-state index contributed by atoms with van der Waals surface area (Å²) in [5.41, 5.74) is 0.179. The molecule has 1 heterocycles. The lowest BCUT2D eigenvalue weighted by Gasteiger charge is -2.32. The molecule has 1 aromatic carbocycles. The van der Waals surface area contributed by atoms with Crippen molar-refractivity contribution in [3.05, 3.63) is 35.9 Å². The minimum absolute atomic E-state index is 0.0802. The Morgan fingerprint density at radius 1 is 1.21 bits per heavy atom. The van der Waals surface area contributed by atoms with Crippen LogP contribution >= 0.6 is 0 Å². The van der Waals surface area contributed by atoms with Gasteiger partial charge in [-0.1, -0.05) is 30.3 Å². The highest BCUT2D eigenvalue weighted by Gasteiger charge is 2.34. The summed E-state index contributed by atoms with van der Waals surface area (Å²) in [7, 11) is -3.92. The fourth-order valence-corrected chi connectivity index (χ4v) is 3.59. The van der Waals surface area contributed by atoms with Crippen molar-refractivity contribution in [3.8, 4) is 0 Å². The monoisotopic (exact) mass is 429 g/mol. The summed E-state index contributed by atoms with van der Waals surface area (Å²) in [6, 6.07) is 7.79. The van der Waals surface area contributed by atoms with Crippen LogP contribution in [0.2, 0.25) is 0 Å². The summed E-state index contributed by atoms with van der Waals surface area (Å²) in [6.07, 6.45) is -1.10. The average Bonchev–Trinajstić information content (AvgIpc) is 2.61. The molecule has 0 saturated carbocycles. The van der Waals surface area contributed by atoms with E-state index in [0.29, 0.717) is 0 Å². The van der Waals surface area contributed by atoms with Gasteiger partial charge in [0.1, 0.15) is 12.2 Å². The molecule has 29 heavy (non-hydrogen) atoms. The molecular formula is C18H27N3O7S. The second-order valence-corrected chi connectivity index (χ2v) is 8.87. The normalized spacial score (nSPS) is 21.1. The minimum atomic E-state index is -3.92. The molecule has 2 rings (SSSR count). The molecular weight excluding hydrogens is 402 g/mol.